The highest BCUT2D eigenvalue weighted by atomic mass is 35.5. The summed E-state index contributed by atoms with van der Waals surface area (Å²) in [5.41, 5.74) is -3.80. The zero-order chi connectivity index (χ0) is 33.7. The number of phenols is 1. The molecule has 10 nitrogen and oxygen atoms in total. The lowest BCUT2D eigenvalue weighted by molar-refractivity contribution is -0.164. The molecule has 4 aliphatic heterocycles. The number of carbonyl (C=O) groups excluding carboxylic acids is 1. The number of rotatable bonds is 4. The number of carbonyl (C=O) groups is 1. The van der Waals surface area contributed by atoms with Gasteiger partial charge in [0.25, 0.3) is 0 Å². The Hall–Kier alpha value is -3.82. The quantitative estimate of drug-likeness (QED) is 0.300. The fraction of sp³-hybridized carbons (Fsp3) is 0.484. The van der Waals surface area contributed by atoms with Gasteiger partial charge in [0.2, 0.25) is 5.91 Å². The number of aromatic hydroxyl groups is 1. The van der Waals surface area contributed by atoms with E-state index in [1.165, 1.54) is 26.0 Å². The molecule has 1 spiro atoms. The zero-order valence-electron chi connectivity index (χ0n) is 25.4. The number of nitrogens with zero attached hydrogens (tertiary/aromatic N) is 6. The molecule has 0 saturated carbocycles. The van der Waals surface area contributed by atoms with E-state index in [1.807, 2.05) is 0 Å². The van der Waals surface area contributed by atoms with Crippen LogP contribution < -0.4 is 9.64 Å². The number of ether oxygens (including phenoxy) is 2. The Kier molecular flexibility index (Phi) is 8.91. The number of amides is 1. The highest BCUT2D eigenvalue weighted by Crippen LogP contribution is 2.45. The SMILES string of the molecule is C=CC(=O)N1CCN(c2nc(OC)nc3c(F)c(-c4cc(O)cc(Cl)c4C(F)(F)F)ncc23)CC12COC2.FC1CC2CCCN2C1. The molecule has 2 unspecified atom stereocenters. The fourth-order valence-electron chi connectivity index (χ4n) is 6.83. The second kappa shape index (κ2) is 12.7. The molecule has 2 atom stereocenters. The predicted octanol–water partition coefficient (Wildman–Crippen LogP) is 5.01. The van der Waals surface area contributed by atoms with Crippen molar-refractivity contribution in [2.75, 3.05) is 57.9 Å². The highest BCUT2D eigenvalue weighted by Gasteiger charge is 2.50. The van der Waals surface area contributed by atoms with Gasteiger partial charge < -0.3 is 24.4 Å². The Morgan fingerprint density at radius 1 is 1.23 bits per heavy atom. The van der Waals surface area contributed by atoms with E-state index in [1.54, 1.807) is 9.80 Å². The number of hydrogen-bond acceptors (Lipinski definition) is 9. The maximum atomic E-state index is 15.9. The van der Waals surface area contributed by atoms with Crippen molar-refractivity contribution in [3.63, 3.8) is 0 Å². The summed E-state index contributed by atoms with van der Waals surface area (Å²) in [5, 5.41) is 9.21. The summed E-state index contributed by atoms with van der Waals surface area (Å²) >= 11 is 5.78. The van der Waals surface area contributed by atoms with Gasteiger partial charge in [0.15, 0.2) is 5.82 Å². The van der Waals surface area contributed by atoms with E-state index in [0.717, 1.165) is 25.2 Å². The molecule has 1 aromatic carbocycles. The van der Waals surface area contributed by atoms with Crippen LogP contribution in [0.15, 0.2) is 31.0 Å². The molecule has 0 radical (unpaired) electrons. The molecule has 0 aliphatic carbocycles. The first-order chi connectivity index (χ1) is 22.3. The smallest absolute Gasteiger partial charge is 0.418 e. The molecule has 0 bridgehead atoms. The molecule has 6 heterocycles. The number of benzene rings is 1. The Morgan fingerprint density at radius 2 is 2.00 bits per heavy atom. The van der Waals surface area contributed by atoms with E-state index in [4.69, 9.17) is 21.1 Å². The van der Waals surface area contributed by atoms with Crippen molar-refractivity contribution < 1.29 is 41.3 Å². The Labute approximate surface area is 271 Å². The van der Waals surface area contributed by atoms with Gasteiger partial charge in [-0.25, -0.2) is 8.78 Å². The molecule has 4 aliphatic rings. The zero-order valence-corrected chi connectivity index (χ0v) is 26.1. The van der Waals surface area contributed by atoms with E-state index < -0.39 is 51.3 Å². The number of methoxy groups -OCH3 is 1. The summed E-state index contributed by atoms with van der Waals surface area (Å²) in [6, 6.07) is 1.84. The van der Waals surface area contributed by atoms with Crippen molar-refractivity contribution in [1.82, 2.24) is 24.8 Å². The minimum atomic E-state index is -4.96. The van der Waals surface area contributed by atoms with Crippen LogP contribution in [0.4, 0.5) is 27.8 Å². The maximum absolute atomic E-state index is 15.9. The monoisotopic (exact) mass is 682 g/mol. The molecule has 16 heteroatoms. The Balaban J connectivity index is 0.000000366. The minimum absolute atomic E-state index is 0.116. The fourth-order valence-corrected chi connectivity index (χ4v) is 7.15. The van der Waals surface area contributed by atoms with Crippen LogP contribution in [0, 0.1) is 5.82 Å². The van der Waals surface area contributed by atoms with Crippen molar-refractivity contribution in [2.45, 2.75) is 43.2 Å². The Bertz CT molecular complexity index is 1700. The van der Waals surface area contributed by atoms with E-state index in [2.05, 4.69) is 26.4 Å². The number of fused-ring (bicyclic) bond motifs is 2. The second-order valence-corrected chi connectivity index (χ2v) is 12.4. The largest absolute Gasteiger partial charge is 0.508 e. The van der Waals surface area contributed by atoms with E-state index >= 15 is 4.39 Å². The van der Waals surface area contributed by atoms with Crippen LogP contribution in [-0.2, 0) is 15.7 Å². The molecule has 4 saturated heterocycles. The van der Waals surface area contributed by atoms with Gasteiger partial charge in [-0.1, -0.05) is 18.2 Å². The van der Waals surface area contributed by atoms with Crippen molar-refractivity contribution in [2.24, 2.45) is 0 Å². The van der Waals surface area contributed by atoms with Crippen LogP contribution in [0.5, 0.6) is 11.8 Å². The normalized spacial score (nSPS) is 22.1. The van der Waals surface area contributed by atoms with Gasteiger partial charge in [-0.3, -0.25) is 14.7 Å². The number of aromatic nitrogens is 3. The third-order valence-corrected chi connectivity index (χ3v) is 9.33. The maximum Gasteiger partial charge on any atom is 0.418 e. The number of alkyl halides is 4. The van der Waals surface area contributed by atoms with Gasteiger partial charge in [0.05, 0.1) is 36.3 Å². The number of hydrogen-bond donors (Lipinski definition) is 1. The molecule has 1 N–H and O–H groups in total. The van der Waals surface area contributed by atoms with E-state index in [-0.39, 0.29) is 48.4 Å². The van der Waals surface area contributed by atoms with E-state index in [0.29, 0.717) is 31.7 Å². The van der Waals surface area contributed by atoms with Crippen molar-refractivity contribution in [1.29, 1.82) is 0 Å². The lowest BCUT2D eigenvalue weighted by Crippen LogP contribution is -2.72. The number of halogens is 6. The van der Waals surface area contributed by atoms with Gasteiger partial charge in [-0.15, -0.1) is 0 Å². The van der Waals surface area contributed by atoms with Crippen LogP contribution in [-0.4, -0.2) is 107 Å². The first-order valence-electron chi connectivity index (χ1n) is 15.0. The van der Waals surface area contributed by atoms with Crippen LogP contribution in [0.2, 0.25) is 5.02 Å². The molecule has 4 fully saturated rings. The molecule has 3 aromatic rings. The Morgan fingerprint density at radius 3 is 2.64 bits per heavy atom. The van der Waals surface area contributed by atoms with Crippen molar-refractivity contribution >= 4 is 34.2 Å². The number of pyridine rings is 1. The molecular weight excluding hydrogens is 651 g/mol. The lowest BCUT2D eigenvalue weighted by Gasteiger charge is -2.55. The number of anilines is 1. The first-order valence-corrected chi connectivity index (χ1v) is 15.4. The molecule has 252 valence electrons. The first kappa shape index (κ1) is 33.1. The average Bonchev–Trinajstić information content (AvgIpc) is 3.59. The summed E-state index contributed by atoms with van der Waals surface area (Å²) < 4.78 is 80.5. The molecule has 47 heavy (non-hydrogen) atoms. The molecule has 1 amide bonds. The third kappa shape index (κ3) is 6.16. The summed E-state index contributed by atoms with van der Waals surface area (Å²) in [5.74, 6) is -1.80. The second-order valence-electron chi connectivity index (χ2n) is 12.0. The predicted molar refractivity (Wildman–Crippen MR) is 163 cm³/mol. The van der Waals surface area contributed by atoms with Gasteiger partial charge in [-0.2, -0.15) is 23.1 Å². The van der Waals surface area contributed by atoms with Crippen LogP contribution in [0.3, 0.4) is 0 Å². The van der Waals surface area contributed by atoms with Crippen LogP contribution in [0.1, 0.15) is 24.8 Å². The molecule has 2 aromatic heterocycles. The van der Waals surface area contributed by atoms with Crippen LogP contribution in [0.25, 0.3) is 22.2 Å². The van der Waals surface area contributed by atoms with Gasteiger partial charge in [0.1, 0.15) is 34.5 Å². The van der Waals surface area contributed by atoms with Gasteiger partial charge >= 0.3 is 12.2 Å². The third-order valence-electron chi connectivity index (χ3n) is 9.03. The van der Waals surface area contributed by atoms with Crippen molar-refractivity contribution in [3.05, 3.63) is 47.4 Å². The summed E-state index contributed by atoms with van der Waals surface area (Å²) in [4.78, 5) is 30.6. The van der Waals surface area contributed by atoms with Crippen molar-refractivity contribution in [3.8, 4) is 23.0 Å². The average molecular weight is 683 g/mol. The number of piperazine rings is 1. The summed E-state index contributed by atoms with van der Waals surface area (Å²) in [6.07, 6.45) is 0.237. The van der Waals surface area contributed by atoms with Crippen LogP contribution >= 0.6 is 11.6 Å². The van der Waals surface area contributed by atoms with Gasteiger partial charge in [0, 0.05) is 44.0 Å². The summed E-state index contributed by atoms with van der Waals surface area (Å²) in [6.45, 7) is 6.85. The highest BCUT2D eigenvalue weighted by molar-refractivity contribution is 6.32. The topological polar surface area (TPSA) is 104 Å². The number of phenolic OH excluding ortho intramolecular Hbond substituents is 1. The molecular formula is C31H32ClF5N6O4. The minimum Gasteiger partial charge on any atom is -0.508 e. The van der Waals surface area contributed by atoms with Gasteiger partial charge in [-0.05, 0) is 44.0 Å². The standard InChI is InChI=1S/C24H20ClF4N5O4.C7H12FN/c1-3-16(36)34-5-4-33(9-23(34)10-38-11-23)21-14-8-30-19(18(26)20(14)31-22(32-21)37-2)13-6-12(35)7-15(25)17(13)24(27,28)29;8-6-4-7-2-1-3-9(7)5-6/h3,6-8,35H,1,4-5,9-11H2,2H3;6-7H,1-5H2. The molecule has 7 rings (SSSR count). The lowest BCUT2D eigenvalue weighted by atomic mass is 9.91. The summed E-state index contributed by atoms with van der Waals surface area (Å²) in [7, 11) is 1.27. The van der Waals surface area contributed by atoms with E-state index in [9.17, 15) is 27.5 Å².